The number of aryl methyl sites for hydroxylation is 2. The predicted octanol–water partition coefficient (Wildman–Crippen LogP) is 1.38. The summed E-state index contributed by atoms with van der Waals surface area (Å²) in [6.07, 6.45) is 0.500. The fraction of sp³-hybridized carbons (Fsp3) is 0.600. The van der Waals surface area contributed by atoms with E-state index in [0.717, 1.165) is 11.4 Å². The van der Waals surface area contributed by atoms with Gasteiger partial charge in [0.15, 0.2) is 0 Å². The van der Waals surface area contributed by atoms with Crippen molar-refractivity contribution in [3.8, 4) is 0 Å². The van der Waals surface area contributed by atoms with E-state index in [1.165, 1.54) is 0 Å². The Morgan fingerprint density at radius 1 is 1.64 bits per heavy atom. The second-order valence-electron chi connectivity index (χ2n) is 4.27. The molecule has 0 fully saturated rings. The minimum Gasteiger partial charge on any atom is -0.481 e. The molecule has 14 heavy (non-hydrogen) atoms. The summed E-state index contributed by atoms with van der Waals surface area (Å²) in [5.41, 5.74) is 1.14. The van der Waals surface area contributed by atoms with Crippen molar-refractivity contribution in [3.05, 3.63) is 17.5 Å². The van der Waals surface area contributed by atoms with Gasteiger partial charge in [-0.2, -0.15) is 5.10 Å². The molecule has 1 rings (SSSR count). The van der Waals surface area contributed by atoms with Crippen LogP contribution in [0.15, 0.2) is 6.07 Å². The van der Waals surface area contributed by atoms with Crippen molar-refractivity contribution in [2.75, 3.05) is 0 Å². The molecule has 78 valence electrons. The highest BCUT2D eigenvalue weighted by atomic mass is 16.4. The lowest BCUT2D eigenvalue weighted by molar-refractivity contribution is -0.146. The number of hydrogen-bond donors (Lipinski definition) is 1. The smallest absolute Gasteiger partial charge is 0.309 e. The molecule has 0 atom stereocenters. The summed E-state index contributed by atoms with van der Waals surface area (Å²) in [7, 11) is 1.83. The Kier molecular flexibility index (Phi) is 2.64. The number of carboxylic acids is 1. The molecule has 1 heterocycles. The van der Waals surface area contributed by atoms with Crippen LogP contribution in [-0.2, 0) is 18.3 Å². The number of aromatic nitrogens is 2. The summed E-state index contributed by atoms with van der Waals surface area (Å²) in [6, 6.07) is 1.92. The Hall–Kier alpha value is -1.32. The highest BCUT2D eigenvalue weighted by Crippen LogP contribution is 2.22. The quantitative estimate of drug-likeness (QED) is 0.794. The van der Waals surface area contributed by atoms with Crippen LogP contribution in [0.25, 0.3) is 0 Å². The molecule has 1 N–H and O–H groups in total. The lowest BCUT2D eigenvalue weighted by Crippen LogP contribution is -2.27. The van der Waals surface area contributed by atoms with E-state index in [9.17, 15) is 4.79 Å². The summed E-state index contributed by atoms with van der Waals surface area (Å²) in [5, 5.41) is 13.1. The number of carbonyl (C=O) groups is 1. The molecule has 0 aromatic carbocycles. The molecule has 0 aliphatic rings. The van der Waals surface area contributed by atoms with Crippen molar-refractivity contribution >= 4 is 5.97 Å². The molecule has 1 aromatic heterocycles. The monoisotopic (exact) mass is 196 g/mol. The normalized spacial score (nSPS) is 11.7. The van der Waals surface area contributed by atoms with Gasteiger partial charge in [0.2, 0.25) is 0 Å². The average molecular weight is 196 g/mol. The maximum Gasteiger partial charge on any atom is 0.309 e. The Morgan fingerprint density at radius 3 is 2.57 bits per heavy atom. The van der Waals surface area contributed by atoms with Crippen LogP contribution in [0.5, 0.6) is 0 Å². The van der Waals surface area contributed by atoms with Gasteiger partial charge in [0, 0.05) is 19.2 Å². The summed E-state index contributed by atoms with van der Waals surface area (Å²) >= 11 is 0. The standard InChI is InChI=1S/C10H16N2O2/c1-7-5-8(12(4)11-7)6-10(2,3)9(13)14/h5H,6H2,1-4H3,(H,13,14). The Labute approximate surface area is 83.5 Å². The summed E-state index contributed by atoms with van der Waals surface area (Å²) in [6.45, 7) is 5.34. The Bertz CT molecular complexity index is 353. The topological polar surface area (TPSA) is 55.1 Å². The molecule has 0 unspecified atom stereocenters. The molecule has 4 heteroatoms. The second kappa shape index (κ2) is 3.44. The van der Waals surface area contributed by atoms with E-state index in [2.05, 4.69) is 5.10 Å². The zero-order valence-electron chi connectivity index (χ0n) is 9.03. The van der Waals surface area contributed by atoms with E-state index in [0.29, 0.717) is 6.42 Å². The van der Waals surface area contributed by atoms with Crippen LogP contribution in [0.1, 0.15) is 25.2 Å². The van der Waals surface area contributed by atoms with Crippen LogP contribution < -0.4 is 0 Å². The van der Waals surface area contributed by atoms with Crippen LogP contribution in [-0.4, -0.2) is 20.9 Å². The summed E-state index contributed by atoms with van der Waals surface area (Å²) in [4.78, 5) is 10.9. The molecule has 0 spiro atoms. The molecule has 0 radical (unpaired) electrons. The average Bonchev–Trinajstić information content (AvgIpc) is 2.29. The third kappa shape index (κ3) is 2.13. The molecular formula is C10H16N2O2. The lowest BCUT2D eigenvalue weighted by atomic mass is 9.88. The maximum atomic E-state index is 10.9. The van der Waals surface area contributed by atoms with Crippen molar-refractivity contribution in [1.82, 2.24) is 9.78 Å². The lowest BCUT2D eigenvalue weighted by Gasteiger charge is -2.18. The van der Waals surface area contributed by atoms with Gasteiger partial charge < -0.3 is 5.11 Å². The highest BCUT2D eigenvalue weighted by molar-refractivity contribution is 5.73. The van der Waals surface area contributed by atoms with Crippen molar-refractivity contribution in [1.29, 1.82) is 0 Å². The van der Waals surface area contributed by atoms with E-state index < -0.39 is 11.4 Å². The van der Waals surface area contributed by atoms with E-state index in [-0.39, 0.29) is 0 Å². The van der Waals surface area contributed by atoms with Gasteiger partial charge in [0.05, 0.1) is 11.1 Å². The van der Waals surface area contributed by atoms with E-state index in [1.54, 1.807) is 18.5 Å². The molecule has 0 saturated heterocycles. The molecule has 0 saturated carbocycles. The van der Waals surface area contributed by atoms with Gasteiger partial charge in [-0.3, -0.25) is 9.48 Å². The van der Waals surface area contributed by atoms with Gasteiger partial charge in [-0.05, 0) is 26.8 Å². The third-order valence-corrected chi connectivity index (χ3v) is 2.30. The van der Waals surface area contributed by atoms with Gasteiger partial charge in [0.1, 0.15) is 0 Å². The molecule has 0 aliphatic heterocycles. The number of carboxylic acid groups (broad SMARTS) is 1. The number of hydrogen-bond acceptors (Lipinski definition) is 2. The van der Waals surface area contributed by atoms with Crippen molar-refractivity contribution in [2.24, 2.45) is 12.5 Å². The predicted molar refractivity (Wildman–Crippen MR) is 53.1 cm³/mol. The summed E-state index contributed by atoms with van der Waals surface area (Å²) < 4.78 is 1.74. The fourth-order valence-electron chi connectivity index (χ4n) is 1.36. The molecule has 0 bridgehead atoms. The van der Waals surface area contributed by atoms with Crippen LogP contribution in [0.3, 0.4) is 0 Å². The Morgan fingerprint density at radius 2 is 2.21 bits per heavy atom. The van der Waals surface area contributed by atoms with Gasteiger partial charge >= 0.3 is 5.97 Å². The summed E-state index contributed by atoms with van der Waals surface area (Å²) in [5.74, 6) is -0.781. The maximum absolute atomic E-state index is 10.9. The van der Waals surface area contributed by atoms with Gasteiger partial charge in [-0.1, -0.05) is 0 Å². The minimum absolute atomic E-state index is 0.500. The molecular weight excluding hydrogens is 180 g/mol. The zero-order chi connectivity index (χ0) is 10.9. The SMILES string of the molecule is Cc1cc(CC(C)(C)C(=O)O)n(C)n1. The first-order valence-electron chi connectivity index (χ1n) is 4.56. The second-order valence-corrected chi connectivity index (χ2v) is 4.27. The van der Waals surface area contributed by atoms with Gasteiger partial charge in [-0.15, -0.1) is 0 Å². The third-order valence-electron chi connectivity index (χ3n) is 2.30. The van der Waals surface area contributed by atoms with Crippen molar-refractivity contribution in [3.63, 3.8) is 0 Å². The van der Waals surface area contributed by atoms with Crippen LogP contribution >= 0.6 is 0 Å². The molecule has 4 nitrogen and oxygen atoms in total. The number of aliphatic carboxylic acids is 1. The fourth-order valence-corrected chi connectivity index (χ4v) is 1.36. The van der Waals surface area contributed by atoms with Crippen LogP contribution in [0.4, 0.5) is 0 Å². The first-order chi connectivity index (χ1) is 6.33. The Balaban J connectivity index is 2.88. The zero-order valence-corrected chi connectivity index (χ0v) is 9.03. The van der Waals surface area contributed by atoms with Crippen molar-refractivity contribution in [2.45, 2.75) is 27.2 Å². The number of nitrogens with zero attached hydrogens (tertiary/aromatic N) is 2. The van der Waals surface area contributed by atoms with E-state index in [1.807, 2.05) is 20.0 Å². The van der Waals surface area contributed by atoms with Crippen LogP contribution in [0, 0.1) is 12.3 Å². The van der Waals surface area contributed by atoms with Crippen molar-refractivity contribution < 1.29 is 9.90 Å². The first-order valence-corrected chi connectivity index (χ1v) is 4.56. The molecule has 0 aliphatic carbocycles. The largest absolute Gasteiger partial charge is 0.481 e. The van der Waals surface area contributed by atoms with Gasteiger partial charge in [-0.25, -0.2) is 0 Å². The number of rotatable bonds is 3. The molecule has 1 aromatic rings. The van der Waals surface area contributed by atoms with E-state index in [4.69, 9.17) is 5.11 Å². The highest BCUT2D eigenvalue weighted by Gasteiger charge is 2.28. The minimum atomic E-state index is -0.781. The first kappa shape index (κ1) is 10.8. The molecule has 0 amide bonds. The van der Waals surface area contributed by atoms with E-state index >= 15 is 0 Å². The van der Waals surface area contributed by atoms with Crippen LogP contribution in [0.2, 0.25) is 0 Å². The van der Waals surface area contributed by atoms with Gasteiger partial charge in [0.25, 0.3) is 0 Å².